The van der Waals surface area contributed by atoms with E-state index in [1.54, 1.807) is 17.9 Å². The molecule has 0 amide bonds. The van der Waals surface area contributed by atoms with Gasteiger partial charge in [-0.15, -0.1) is 0 Å². The second kappa shape index (κ2) is 7.75. The largest absolute Gasteiger partial charge is 0.416 e. The van der Waals surface area contributed by atoms with Gasteiger partial charge in [0.2, 0.25) is 0 Å². The molecule has 162 valence electrons. The van der Waals surface area contributed by atoms with Crippen LogP contribution in [0.3, 0.4) is 0 Å². The van der Waals surface area contributed by atoms with E-state index in [-0.39, 0.29) is 24.0 Å². The Kier molecular flexibility index (Phi) is 5.64. The summed E-state index contributed by atoms with van der Waals surface area (Å²) in [6, 6.07) is 4.53. The Bertz CT molecular complexity index is 1100. The minimum atomic E-state index is -4.47. The lowest BCUT2D eigenvalue weighted by atomic mass is 10.0. The molecule has 7 nitrogen and oxygen atoms in total. The van der Waals surface area contributed by atoms with Gasteiger partial charge < -0.3 is 5.73 Å². The molecule has 0 spiro atoms. The number of aromatic nitrogens is 2. The van der Waals surface area contributed by atoms with Gasteiger partial charge in [0.1, 0.15) is 11.4 Å². The van der Waals surface area contributed by atoms with Crippen LogP contribution in [0.2, 0.25) is 0 Å². The molecule has 0 radical (unpaired) electrons. The molecule has 1 aliphatic rings. The first-order chi connectivity index (χ1) is 13.9. The predicted molar refractivity (Wildman–Crippen MR) is 105 cm³/mol. The summed E-state index contributed by atoms with van der Waals surface area (Å²) >= 11 is 0. The van der Waals surface area contributed by atoms with Crippen LogP contribution in [-0.2, 0) is 20.3 Å². The van der Waals surface area contributed by atoms with Crippen molar-refractivity contribution in [3.05, 3.63) is 61.8 Å². The minimum absolute atomic E-state index is 0.0242. The maximum absolute atomic E-state index is 13.1. The van der Waals surface area contributed by atoms with E-state index < -0.39 is 34.8 Å². The zero-order chi connectivity index (χ0) is 22.4. The van der Waals surface area contributed by atoms with Gasteiger partial charge in [0, 0.05) is 26.2 Å². The molecule has 0 aliphatic heterocycles. The summed E-state index contributed by atoms with van der Waals surface area (Å²) in [5.74, 6) is -0.801. The van der Waals surface area contributed by atoms with Crippen LogP contribution in [0.25, 0.3) is 0 Å². The minimum Gasteiger partial charge on any atom is -0.384 e. The number of nitrogen functional groups attached to an aromatic ring is 1. The van der Waals surface area contributed by atoms with E-state index in [2.05, 4.69) is 0 Å². The lowest BCUT2D eigenvalue weighted by Gasteiger charge is -2.29. The maximum Gasteiger partial charge on any atom is 0.416 e. The molecular formula is C20H23F3N4O3. The van der Waals surface area contributed by atoms with Crippen molar-refractivity contribution in [1.82, 2.24) is 14.0 Å². The molecule has 0 saturated heterocycles. The number of benzene rings is 1. The van der Waals surface area contributed by atoms with E-state index in [1.807, 2.05) is 0 Å². The quantitative estimate of drug-likeness (QED) is 0.718. The van der Waals surface area contributed by atoms with Crippen LogP contribution in [0, 0.1) is 0 Å². The summed E-state index contributed by atoms with van der Waals surface area (Å²) < 4.78 is 41.1. The third-order valence-electron chi connectivity index (χ3n) is 5.52. The first-order valence-electron chi connectivity index (χ1n) is 9.45. The Hall–Kier alpha value is -2.88. The number of ketones is 1. The molecule has 1 heterocycles. The normalized spacial score (nSPS) is 15.4. The van der Waals surface area contributed by atoms with Gasteiger partial charge >= 0.3 is 11.9 Å². The van der Waals surface area contributed by atoms with Crippen LogP contribution < -0.4 is 17.0 Å². The van der Waals surface area contributed by atoms with E-state index in [0.717, 1.165) is 34.1 Å². The number of nitrogens with two attached hydrogens (primary N) is 1. The van der Waals surface area contributed by atoms with Gasteiger partial charge in [0.15, 0.2) is 5.78 Å². The summed E-state index contributed by atoms with van der Waals surface area (Å²) in [6.07, 6.45) is -2.86. The van der Waals surface area contributed by atoms with Gasteiger partial charge in [-0.3, -0.25) is 23.6 Å². The lowest BCUT2D eigenvalue weighted by Crippen LogP contribution is -2.44. The van der Waals surface area contributed by atoms with Gasteiger partial charge in [-0.25, -0.2) is 4.79 Å². The average molecular weight is 424 g/mol. The van der Waals surface area contributed by atoms with Crippen molar-refractivity contribution in [1.29, 1.82) is 0 Å². The van der Waals surface area contributed by atoms with E-state index in [9.17, 15) is 27.6 Å². The Morgan fingerprint density at radius 3 is 2.43 bits per heavy atom. The van der Waals surface area contributed by atoms with Crippen LogP contribution in [0.1, 0.15) is 47.3 Å². The fraction of sp³-hybridized carbons (Fsp3) is 0.450. The van der Waals surface area contributed by atoms with Gasteiger partial charge in [-0.1, -0.05) is 12.1 Å². The number of hydrogen-bond acceptors (Lipinski definition) is 5. The van der Waals surface area contributed by atoms with E-state index >= 15 is 0 Å². The highest BCUT2D eigenvalue weighted by Gasteiger charge is 2.36. The number of halogens is 3. The second-order valence-corrected chi connectivity index (χ2v) is 7.59. The van der Waals surface area contributed by atoms with Crippen molar-refractivity contribution in [3.8, 4) is 0 Å². The number of anilines is 1. The number of hydrogen-bond donors (Lipinski definition) is 1. The number of carbonyl (C=O) groups excluding carboxylic acids is 1. The van der Waals surface area contributed by atoms with Crippen molar-refractivity contribution in [2.75, 3.05) is 12.3 Å². The summed E-state index contributed by atoms with van der Waals surface area (Å²) in [4.78, 5) is 39.2. The Balaban J connectivity index is 1.94. The van der Waals surface area contributed by atoms with Crippen molar-refractivity contribution in [3.63, 3.8) is 0 Å². The summed E-state index contributed by atoms with van der Waals surface area (Å²) in [7, 11) is 2.61. The number of nitrogens with zero attached hydrogens (tertiary/aromatic N) is 3. The summed E-state index contributed by atoms with van der Waals surface area (Å²) in [5, 5.41) is 0. The molecule has 3 rings (SSSR count). The van der Waals surface area contributed by atoms with Gasteiger partial charge in [-0.2, -0.15) is 13.2 Å². The van der Waals surface area contributed by atoms with Crippen LogP contribution in [0.4, 0.5) is 19.0 Å². The van der Waals surface area contributed by atoms with Gasteiger partial charge in [-0.05, 0) is 37.5 Å². The molecule has 2 aromatic rings. The molecule has 1 unspecified atom stereocenters. The smallest absolute Gasteiger partial charge is 0.384 e. The van der Waals surface area contributed by atoms with Crippen LogP contribution in [-0.4, -0.2) is 32.4 Å². The fourth-order valence-corrected chi connectivity index (χ4v) is 3.52. The maximum atomic E-state index is 13.1. The fourth-order valence-electron chi connectivity index (χ4n) is 3.52. The van der Waals surface area contributed by atoms with Crippen molar-refractivity contribution in [2.24, 2.45) is 14.1 Å². The van der Waals surface area contributed by atoms with Crippen LogP contribution in [0.5, 0.6) is 0 Å². The molecule has 10 heteroatoms. The third kappa shape index (κ3) is 4.04. The summed E-state index contributed by atoms with van der Waals surface area (Å²) in [5.41, 5.74) is 3.80. The number of alkyl halides is 3. The molecule has 1 atom stereocenters. The van der Waals surface area contributed by atoms with Gasteiger partial charge in [0.25, 0.3) is 5.56 Å². The molecule has 2 N–H and O–H groups in total. The van der Waals surface area contributed by atoms with E-state index in [4.69, 9.17) is 5.73 Å². The summed E-state index contributed by atoms with van der Waals surface area (Å²) in [6.45, 7) is 1.53. The lowest BCUT2D eigenvalue weighted by molar-refractivity contribution is -0.137. The van der Waals surface area contributed by atoms with Crippen molar-refractivity contribution < 1.29 is 18.0 Å². The zero-order valence-electron chi connectivity index (χ0n) is 16.9. The molecular weight excluding hydrogens is 401 g/mol. The monoisotopic (exact) mass is 424 g/mol. The van der Waals surface area contributed by atoms with E-state index in [1.165, 1.54) is 20.2 Å². The molecule has 1 aromatic carbocycles. The highest BCUT2D eigenvalue weighted by Crippen LogP contribution is 2.36. The van der Waals surface area contributed by atoms with Crippen LogP contribution >= 0.6 is 0 Å². The second-order valence-electron chi connectivity index (χ2n) is 7.59. The molecule has 1 fully saturated rings. The molecule has 1 aromatic heterocycles. The zero-order valence-corrected chi connectivity index (χ0v) is 16.9. The van der Waals surface area contributed by atoms with Crippen molar-refractivity contribution >= 4 is 11.6 Å². The van der Waals surface area contributed by atoms with Crippen molar-refractivity contribution in [2.45, 2.75) is 38.0 Å². The first-order valence-corrected chi connectivity index (χ1v) is 9.45. The molecule has 0 bridgehead atoms. The highest BCUT2D eigenvalue weighted by molar-refractivity contribution is 6.01. The number of Topliss-reactive ketones (excluding diaryl/α,β-unsaturated/α-hetero) is 1. The SMILES string of the molecule is CC(c1cccc(C(F)(F)F)c1)N(CC(=O)c1c(N)n(C)c(=O)n(C)c1=O)C1CC1. The Morgan fingerprint density at radius 1 is 1.23 bits per heavy atom. The first kappa shape index (κ1) is 21.8. The van der Waals surface area contributed by atoms with Crippen LogP contribution in [0.15, 0.2) is 33.9 Å². The van der Waals surface area contributed by atoms with Gasteiger partial charge in [0.05, 0.1) is 12.1 Å². The predicted octanol–water partition coefficient (Wildman–Crippen LogP) is 2.09. The molecule has 30 heavy (non-hydrogen) atoms. The standard InChI is InChI=1S/C20H23F3N4O3/c1-11(12-5-4-6-13(9-12)20(21,22)23)27(14-7-8-14)10-15(28)16-17(24)25(2)19(30)26(3)18(16)29/h4-6,9,11,14H,7-8,10,24H2,1-3H3. The topological polar surface area (TPSA) is 90.3 Å². The Morgan fingerprint density at radius 2 is 1.87 bits per heavy atom. The number of carbonyl (C=O) groups is 1. The molecule has 1 saturated carbocycles. The number of rotatable bonds is 6. The third-order valence-corrected chi connectivity index (χ3v) is 5.52. The highest BCUT2D eigenvalue weighted by atomic mass is 19.4. The van der Waals surface area contributed by atoms with E-state index in [0.29, 0.717) is 5.56 Å². The average Bonchev–Trinajstić information content (AvgIpc) is 3.53. The molecule has 1 aliphatic carbocycles. The Labute approximate surface area is 170 Å².